The molecule has 1 aromatic rings. The minimum Gasteiger partial charge on any atom is -0.360 e. The number of hydrogen-bond donors (Lipinski definition) is 2. The average molecular weight is 305 g/mol. The van der Waals surface area contributed by atoms with Crippen molar-refractivity contribution in [1.82, 2.24) is 15.8 Å². The summed E-state index contributed by atoms with van der Waals surface area (Å²) in [6.07, 6.45) is -5.35. The predicted octanol–water partition coefficient (Wildman–Crippen LogP) is 2.20. The zero-order valence-corrected chi connectivity index (χ0v) is 11.9. The summed E-state index contributed by atoms with van der Waals surface area (Å²) >= 11 is 0. The van der Waals surface area contributed by atoms with Gasteiger partial charge in [-0.1, -0.05) is 19.0 Å². The van der Waals surface area contributed by atoms with Crippen LogP contribution in [0.15, 0.2) is 4.52 Å². The molecule has 0 saturated carbocycles. The molecular formula is C13H18F3N3O2. The smallest absolute Gasteiger partial charge is 0.360 e. The van der Waals surface area contributed by atoms with Crippen molar-refractivity contribution in [3.63, 3.8) is 0 Å². The Morgan fingerprint density at radius 1 is 1.52 bits per heavy atom. The van der Waals surface area contributed by atoms with E-state index in [0.29, 0.717) is 23.8 Å². The third kappa shape index (κ3) is 3.75. The van der Waals surface area contributed by atoms with Crippen molar-refractivity contribution in [2.24, 2.45) is 5.92 Å². The van der Waals surface area contributed by atoms with Gasteiger partial charge in [-0.15, -0.1) is 0 Å². The lowest BCUT2D eigenvalue weighted by atomic mass is 9.88. The van der Waals surface area contributed by atoms with Crippen LogP contribution in [0, 0.1) is 5.92 Å². The van der Waals surface area contributed by atoms with Gasteiger partial charge < -0.3 is 15.2 Å². The van der Waals surface area contributed by atoms with E-state index in [1.165, 1.54) is 0 Å². The van der Waals surface area contributed by atoms with Crippen LogP contribution in [-0.4, -0.2) is 30.3 Å². The second-order valence-electron chi connectivity index (χ2n) is 5.48. The molecule has 0 fully saturated rings. The Bertz CT molecular complexity index is 511. The van der Waals surface area contributed by atoms with Crippen LogP contribution < -0.4 is 10.6 Å². The van der Waals surface area contributed by atoms with Crippen LogP contribution in [0.25, 0.3) is 0 Å². The van der Waals surface area contributed by atoms with Crippen LogP contribution >= 0.6 is 0 Å². The first kappa shape index (κ1) is 15.8. The first-order valence-electron chi connectivity index (χ1n) is 6.83. The molecule has 8 heteroatoms. The van der Waals surface area contributed by atoms with Gasteiger partial charge >= 0.3 is 6.18 Å². The molecule has 118 valence electrons. The maximum absolute atomic E-state index is 12.1. The highest BCUT2D eigenvalue weighted by molar-refractivity contribution is 5.93. The maximum atomic E-state index is 12.1. The Hall–Kier alpha value is -1.57. The van der Waals surface area contributed by atoms with E-state index in [4.69, 9.17) is 4.52 Å². The van der Waals surface area contributed by atoms with Gasteiger partial charge in [-0.3, -0.25) is 4.79 Å². The van der Waals surface area contributed by atoms with Crippen molar-refractivity contribution in [3.05, 3.63) is 17.0 Å². The van der Waals surface area contributed by atoms with Gasteiger partial charge in [0.15, 0.2) is 5.69 Å². The summed E-state index contributed by atoms with van der Waals surface area (Å²) in [5, 5.41) is 9.14. The molecule has 5 nitrogen and oxygen atoms in total. The van der Waals surface area contributed by atoms with E-state index >= 15 is 0 Å². The molecule has 2 N–H and O–H groups in total. The molecule has 1 aromatic heterocycles. The number of fused-ring (bicyclic) bond motifs is 1. The van der Waals surface area contributed by atoms with Crippen LogP contribution in [-0.2, 0) is 6.54 Å². The molecule has 1 aliphatic rings. The summed E-state index contributed by atoms with van der Waals surface area (Å²) in [7, 11) is 0. The molecule has 2 rings (SSSR count). The summed E-state index contributed by atoms with van der Waals surface area (Å²) in [6, 6.07) is 0. The van der Waals surface area contributed by atoms with Gasteiger partial charge in [0.25, 0.3) is 5.91 Å². The molecule has 1 aliphatic heterocycles. The number of nitrogens with one attached hydrogen (secondary N) is 2. The lowest BCUT2D eigenvalue weighted by molar-refractivity contribution is -0.132. The molecule has 1 atom stereocenters. The van der Waals surface area contributed by atoms with Crippen LogP contribution in [0.3, 0.4) is 0 Å². The third-order valence-electron chi connectivity index (χ3n) is 3.54. The molecule has 2 heterocycles. The number of carbonyl (C=O) groups excluding carboxylic acids is 1. The second-order valence-corrected chi connectivity index (χ2v) is 5.48. The molecule has 0 spiro atoms. The molecule has 0 saturated heterocycles. The van der Waals surface area contributed by atoms with E-state index in [9.17, 15) is 18.0 Å². The van der Waals surface area contributed by atoms with Gasteiger partial charge in [0, 0.05) is 31.1 Å². The van der Waals surface area contributed by atoms with Crippen molar-refractivity contribution in [2.45, 2.75) is 38.9 Å². The van der Waals surface area contributed by atoms with Crippen molar-refractivity contribution in [2.75, 3.05) is 13.1 Å². The van der Waals surface area contributed by atoms with Gasteiger partial charge in [0.05, 0.1) is 6.42 Å². The molecule has 0 bridgehead atoms. The number of amides is 1. The van der Waals surface area contributed by atoms with Gasteiger partial charge in [-0.2, -0.15) is 13.2 Å². The van der Waals surface area contributed by atoms with Gasteiger partial charge in [-0.05, 0) is 5.92 Å². The van der Waals surface area contributed by atoms with E-state index in [2.05, 4.69) is 15.8 Å². The minimum atomic E-state index is -4.29. The SMILES string of the molecule is CC(C)C1CNCc2c(C(=O)NCCC(F)(F)F)noc21. The highest BCUT2D eigenvalue weighted by Gasteiger charge is 2.32. The van der Waals surface area contributed by atoms with Crippen molar-refractivity contribution < 1.29 is 22.5 Å². The van der Waals surface area contributed by atoms with Crippen LogP contribution in [0.2, 0.25) is 0 Å². The highest BCUT2D eigenvalue weighted by Crippen LogP contribution is 2.31. The molecule has 0 radical (unpaired) electrons. The minimum absolute atomic E-state index is 0.0741. The topological polar surface area (TPSA) is 67.2 Å². The molecule has 0 aromatic carbocycles. The fraction of sp³-hybridized carbons (Fsp3) is 0.692. The molecule has 21 heavy (non-hydrogen) atoms. The zero-order valence-electron chi connectivity index (χ0n) is 11.9. The Morgan fingerprint density at radius 2 is 2.24 bits per heavy atom. The summed E-state index contributed by atoms with van der Waals surface area (Å²) in [6.45, 7) is 4.77. The Morgan fingerprint density at radius 3 is 2.86 bits per heavy atom. The largest absolute Gasteiger partial charge is 0.390 e. The lowest BCUT2D eigenvalue weighted by Crippen LogP contribution is -2.33. The van der Waals surface area contributed by atoms with Gasteiger partial charge in [-0.25, -0.2) is 0 Å². The fourth-order valence-corrected chi connectivity index (χ4v) is 2.35. The van der Waals surface area contributed by atoms with E-state index in [0.717, 1.165) is 6.54 Å². The van der Waals surface area contributed by atoms with Crippen molar-refractivity contribution in [1.29, 1.82) is 0 Å². The van der Waals surface area contributed by atoms with Crippen molar-refractivity contribution in [3.8, 4) is 0 Å². The number of nitrogens with zero attached hydrogens (tertiary/aromatic N) is 1. The lowest BCUT2D eigenvalue weighted by Gasteiger charge is -2.24. The first-order chi connectivity index (χ1) is 9.79. The molecular weight excluding hydrogens is 287 g/mol. The summed E-state index contributed by atoms with van der Waals surface area (Å²) < 4.78 is 41.5. The first-order valence-corrected chi connectivity index (χ1v) is 6.83. The number of alkyl halides is 3. The fourth-order valence-electron chi connectivity index (χ4n) is 2.35. The van der Waals surface area contributed by atoms with Gasteiger partial charge in [0.2, 0.25) is 0 Å². The van der Waals surface area contributed by atoms with Crippen LogP contribution in [0.4, 0.5) is 13.2 Å². The standard InChI is InChI=1S/C13H18F3N3O2/c1-7(2)8-5-17-6-9-10(19-21-11(8)9)12(20)18-4-3-13(14,15)16/h7-8,17H,3-6H2,1-2H3,(H,18,20). The summed E-state index contributed by atoms with van der Waals surface area (Å²) in [5.74, 6) is 0.448. The zero-order chi connectivity index (χ0) is 15.6. The number of carbonyl (C=O) groups is 1. The average Bonchev–Trinajstić information content (AvgIpc) is 2.80. The number of hydrogen-bond acceptors (Lipinski definition) is 4. The Balaban J connectivity index is 2.06. The van der Waals surface area contributed by atoms with E-state index in [1.54, 1.807) is 0 Å². The second kappa shape index (κ2) is 6.05. The predicted molar refractivity (Wildman–Crippen MR) is 68.8 cm³/mol. The molecule has 1 amide bonds. The number of rotatable bonds is 4. The molecule has 1 unspecified atom stereocenters. The van der Waals surface area contributed by atoms with E-state index < -0.39 is 25.0 Å². The monoisotopic (exact) mass is 305 g/mol. The van der Waals surface area contributed by atoms with Gasteiger partial charge in [0.1, 0.15) is 5.76 Å². The number of aromatic nitrogens is 1. The maximum Gasteiger partial charge on any atom is 0.390 e. The van der Waals surface area contributed by atoms with E-state index in [-0.39, 0.29) is 11.6 Å². The highest BCUT2D eigenvalue weighted by atomic mass is 19.4. The Labute approximate surface area is 120 Å². The van der Waals surface area contributed by atoms with Crippen LogP contribution in [0.1, 0.15) is 48.0 Å². The van der Waals surface area contributed by atoms with Crippen LogP contribution in [0.5, 0.6) is 0 Å². The quantitative estimate of drug-likeness (QED) is 0.895. The third-order valence-corrected chi connectivity index (χ3v) is 3.54. The van der Waals surface area contributed by atoms with E-state index in [1.807, 2.05) is 13.8 Å². The molecule has 0 aliphatic carbocycles. The summed E-state index contributed by atoms with van der Waals surface area (Å²) in [5.41, 5.74) is 0.717. The van der Waals surface area contributed by atoms with Crippen molar-refractivity contribution >= 4 is 5.91 Å². The normalized spacial score (nSPS) is 18.7. The Kier molecular flexibility index (Phi) is 4.55. The summed E-state index contributed by atoms with van der Waals surface area (Å²) in [4.78, 5) is 11.9. The number of halogens is 3.